The Morgan fingerprint density at radius 1 is 1.13 bits per heavy atom. The van der Waals surface area contributed by atoms with Crippen molar-refractivity contribution in [2.75, 3.05) is 13.1 Å². The summed E-state index contributed by atoms with van der Waals surface area (Å²) in [6, 6.07) is 14.2. The van der Waals surface area contributed by atoms with E-state index in [1.165, 1.54) is 5.56 Å². The first kappa shape index (κ1) is 15.5. The second-order valence-electron chi connectivity index (χ2n) is 6.89. The lowest BCUT2D eigenvalue weighted by Gasteiger charge is -2.40. The second-order valence-corrected chi connectivity index (χ2v) is 6.89. The maximum Gasteiger partial charge on any atom is 0.410 e. The van der Waals surface area contributed by atoms with E-state index >= 15 is 0 Å². The number of hydrogen-bond acceptors (Lipinski definition) is 3. The molecule has 1 aliphatic rings. The van der Waals surface area contributed by atoms with Crippen LogP contribution in [0.1, 0.15) is 32.3 Å². The van der Waals surface area contributed by atoms with Crippen molar-refractivity contribution >= 4 is 6.09 Å². The molecule has 1 amide bonds. The number of carbonyl (C=O) groups is 1. The molecule has 0 aliphatic carbocycles. The highest BCUT2D eigenvalue weighted by Crippen LogP contribution is 2.33. The number of likely N-dealkylation sites (tertiary alicyclic amines) is 1. The van der Waals surface area contributed by atoms with E-state index in [2.05, 4.69) is 23.2 Å². The van der Waals surface area contributed by atoms with Crippen LogP contribution in [0.5, 0.6) is 0 Å². The molecule has 4 nitrogen and oxygen atoms in total. The fourth-order valence-corrected chi connectivity index (χ4v) is 2.74. The highest BCUT2D eigenvalue weighted by atomic mass is 16.6. The minimum Gasteiger partial charge on any atom is -0.444 e. The molecule has 0 saturated carbocycles. The van der Waals surface area contributed by atoms with Crippen molar-refractivity contribution in [2.45, 2.75) is 32.3 Å². The maximum atomic E-state index is 12.1. The van der Waals surface area contributed by atoms with Gasteiger partial charge >= 0.3 is 6.09 Å². The summed E-state index contributed by atoms with van der Waals surface area (Å²) in [4.78, 5) is 18.4. The monoisotopic (exact) mass is 310 g/mol. The van der Waals surface area contributed by atoms with Crippen molar-refractivity contribution in [1.82, 2.24) is 9.88 Å². The predicted octanol–water partition coefficient (Wildman–Crippen LogP) is 4.08. The molecular formula is C19H22N2O2. The predicted molar refractivity (Wildman–Crippen MR) is 90.2 cm³/mol. The van der Waals surface area contributed by atoms with Crippen LogP contribution in [-0.4, -0.2) is 34.7 Å². The maximum absolute atomic E-state index is 12.1. The smallest absolute Gasteiger partial charge is 0.410 e. The summed E-state index contributed by atoms with van der Waals surface area (Å²) in [6.07, 6.45) is 1.58. The molecule has 1 aromatic carbocycles. The Kier molecular flexibility index (Phi) is 4.07. The SMILES string of the molecule is CC(C)(C)OC(=O)N1CC(c2cccnc2-c2ccccc2)C1. The first-order valence-corrected chi connectivity index (χ1v) is 7.92. The first-order valence-electron chi connectivity index (χ1n) is 7.92. The number of hydrogen-bond donors (Lipinski definition) is 0. The van der Waals surface area contributed by atoms with Gasteiger partial charge in [-0.25, -0.2) is 4.79 Å². The Morgan fingerprint density at radius 2 is 1.83 bits per heavy atom. The van der Waals surface area contributed by atoms with E-state index in [9.17, 15) is 4.79 Å². The Bertz CT molecular complexity index is 686. The molecule has 4 heteroatoms. The van der Waals surface area contributed by atoms with E-state index in [4.69, 9.17) is 4.74 Å². The second kappa shape index (κ2) is 6.03. The average Bonchev–Trinajstić information content (AvgIpc) is 2.45. The lowest BCUT2D eigenvalue weighted by Crippen LogP contribution is -2.50. The molecule has 0 radical (unpaired) electrons. The van der Waals surface area contributed by atoms with Crippen molar-refractivity contribution in [3.63, 3.8) is 0 Å². The van der Waals surface area contributed by atoms with E-state index < -0.39 is 5.60 Å². The summed E-state index contributed by atoms with van der Waals surface area (Å²) in [5.41, 5.74) is 2.85. The van der Waals surface area contributed by atoms with Gasteiger partial charge in [0.2, 0.25) is 0 Å². The van der Waals surface area contributed by atoms with Crippen LogP contribution in [0.2, 0.25) is 0 Å². The average molecular weight is 310 g/mol. The van der Waals surface area contributed by atoms with Gasteiger partial charge in [0.25, 0.3) is 0 Å². The third kappa shape index (κ3) is 3.52. The van der Waals surface area contributed by atoms with Crippen molar-refractivity contribution in [2.24, 2.45) is 0 Å². The van der Waals surface area contributed by atoms with E-state index in [0.29, 0.717) is 19.0 Å². The van der Waals surface area contributed by atoms with Crippen LogP contribution in [0.4, 0.5) is 4.79 Å². The van der Waals surface area contributed by atoms with Crippen LogP contribution in [-0.2, 0) is 4.74 Å². The van der Waals surface area contributed by atoms with Crippen molar-refractivity contribution in [3.8, 4) is 11.3 Å². The minimum absolute atomic E-state index is 0.237. The van der Waals surface area contributed by atoms with Crippen LogP contribution in [0.25, 0.3) is 11.3 Å². The van der Waals surface area contributed by atoms with E-state index in [1.807, 2.05) is 51.2 Å². The first-order chi connectivity index (χ1) is 10.9. The molecule has 1 fully saturated rings. The molecule has 3 rings (SSSR count). The summed E-state index contributed by atoms with van der Waals surface area (Å²) < 4.78 is 5.41. The van der Waals surface area contributed by atoms with E-state index in [0.717, 1.165) is 11.3 Å². The number of pyridine rings is 1. The zero-order valence-corrected chi connectivity index (χ0v) is 13.8. The molecule has 0 atom stereocenters. The van der Waals surface area contributed by atoms with Gasteiger partial charge < -0.3 is 9.64 Å². The van der Waals surface area contributed by atoms with Crippen LogP contribution < -0.4 is 0 Å². The summed E-state index contributed by atoms with van der Waals surface area (Å²) in [5, 5.41) is 0. The lowest BCUT2D eigenvalue weighted by atomic mass is 9.88. The number of aromatic nitrogens is 1. The Labute approximate surface area is 137 Å². The molecule has 0 bridgehead atoms. The standard InChI is InChI=1S/C19H22N2O2/c1-19(2,3)23-18(22)21-12-15(13-21)16-10-7-11-20-17(16)14-8-5-4-6-9-14/h4-11,15H,12-13H2,1-3H3. The lowest BCUT2D eigenvalue weighted by molar-refractivity contribution is 0.00821. The van der Waals surface area contributed by atoms with Crippen molar-refractivity contribution in [1.29, 1.82) is 0 Å². The molecule has 1 aliphatic heterocycles. The number of carbonyl (C=O) groups excluding carboxylic acids is 1. The number of nitrogens with zero attached hydrogens (tertiary/aromatic N) is 2. The van der Waals surface area contributed by atoms with Gasteiger partial charge in [-0.05, 0) is 32.4 Å². The van der Waals surface area contributed by atoms with Gasteiger partial charge in [0.15, 0.2) is 0 Å². The Morgan fingerprint density at radius 3 is 2.48 bits per heavy atom. The molecule has 1 saturated heterocycles. The van der Waals surface area contributed by atoms with Crippen LogP contribution in [0.3, 0.4) is 0 Å². The van der Waals surface area contributed by atoms with Crippen LogP contribution in [0, 0.1) is 0 Å². The summed E-state index contributed by atoms with van der Waals surface area (Å²) in [5.74, 6) is 0.312. The molecule has 2 heterocycles. The van der Waals surface area contributed by atoms with E-state index in [-0.39, 0.29) is 6.09 Å². The van der Waals surface area contributed by atoms with Gasteiger partial charge in [-0.1, -0.05) is 36.4 Å². The summed E-state index contributed by atoms with van der Waals surface area (Å²) >= 11 is 0. The number of benzene rings is 1. The summed E-state index contributed by atoms with van der Waals surface area (Å²) in [7, 11) is 0. The number of ether oxygens (including phenoxy) is 1. The molecule has 2 aromatic rings. The third-order valence-corrected chi connectivity index (χ3v) is 3.86. The molecule has 1 aromatic heterocycles. The Hall–Kier alpha value is -2.36. The topological polar surface area (TPSA) is 42.4 Å². The Balaban J connectivity index is 1.73. The minimum atomic E-state index is -0.453. The molecule has 0 spiro atoms. The van der Waals surface area contributed by atoms with Gasteiger partial charge in [-0.15, -0.1) is 0 Å². The van der Waals surface area contributed by atoms with Crippen LogP contribution >= 0.6 is 0 Å². The fraction of sp³-hybridized carbons (Fsp3) is 0.368. The number of amides is 1. The normalized spacial score (nSPS) is 15.2. The van der Waals surface area contributed by atoms with Gasteiger partial charge in [0.1, 0.15) is 5.60 Å². The van der Waals surface area contributed by atoms with E-state index in [1.54, 1.807) is 4.90 Å². The largest absolute Gasteiger partial charge is 0.444 e. The van der Waals surface area contributed by atoms with Crippen LogP contribution in [0.15, 0.2) is 48.7 Å². The van der Waals surface area contributed by atoms with Gasteiger partial charge in [-0.3, -0.25) is 4.98 Å². The van der Waals surface area contributed by atoms with Gasteiger partial charge in [0, 0.05) is 30.8 Å². The molecule has 120 valence electrons. The van der Waals surface area contributed by atoms with Crippen molar-refractivity contribution in [3.05, 3.63) is 54.2 Å². The zero-order chi connectivity index (χ0) is 16.4. The van der Waals surface area contributed by atoms with Gasteiger partial charge in [-0.2, -0.15) is 0 Å². The molecule has 23 heavy (non-hydrogen) atoms. The zero-order valence-electron chi connectivity index (χ0n) is 13.8. The molecule has 0 N–H and O–H groups in total. The van der Waals surface area contributed by atoms with Crippen molar-refractivity contribution < 1.29 is 9.53 Å². The molecular weight excluding hydrogens is 288 g/mol. The highest BCUT2D eigenvalue weighted by molar-refractivity contribution is 5.71. The highest BCUT2D eigenvalue weighted by Gasteiger charge is 2.35. The quantitative estimate of drug-likeness (QED) is 0.839. The third-order valence-electron chi connectivity index (χ3n) is 3.86. The molecule has 0 unspecified atom stereocenters. The number of rotatable bonds is 2. The van der Waals surface area contributed by atoms with Gasteiger partial charge in [0.05, 0.1) is 5.69 Å². The summed E-state index contributed by atoms with van der Waals surface area (Å²) in [6.45, 7) is 7.02. The fourth-order valence-electron chi connectivity index (χ4n) is 2.74.